The van der Waals surface area contributed by atoms with Gasteiger partial charge in [-0.2, -0.15) is 9.50 Å². The second-order valence-corrected chi connectivity index (χ2v) is 9.37. The monoisotopic (exact) mass is 479 g/mol. The van der Waals surface area contributed by atoms with Crippen LogP contribution in [0.4, 0.5) is 0 Å². The van der Waals surface area contributed by atoms with Gasteiger partial charge in [-0.1, -0.05) is 38.2 Å². The Labute approximate surface area is 202 Å². The maximum absolute atomic E-state index is 12.9. The Morgan fingerprint density at radius 3 is 2.53 bits per heavy atom. The van der Waals surface area contributed by atoms with Crippen molar-refractivity contribution in [3.63, 3.8) is 0 Å². The molecule has 4 rings (SSSR count). The lowest BCUT2D eigenvalue weighted by Crippen LogP contribution is -2.23. The standard InChI is InChI=1S/C26H29N3O4S/c1-5-13-32-20-9-7-19(8-10-20)24-27-26-29(28-24)25(30)23(34-26)16-18-6-11-21(22(15-18)31-4)33-14-12-17(2)3/h6-11,15-17H,5,12-14H2,1-4H3. The van der Waals surface area contributed by atoms with Gasteiger partial charge in [-0.3, -0.25) is 4.79 Å². The molecule has 2 aromatic carbocycles. The van der Waals surface area contributed by atoms with E-state index < -0.39 is 0 Å². The largest absolute Gasteiger partial charge is 0.494 e. The van der Waals surface area contributed by atoms with Gasteiger partial charge in [-0.25, -0.2) is 0 Å². The van der Waals surface area contributed by atoms with Crippen LogP contribution < -0.4 is 24.3 Å². The van der Waals surface area contributed by atoms with E-state index >= 15 is 0 Å². The molecule has 0 atom stereocenters. The zero-order chi connectivity index (χ0) is 24.1. The molecule has 34 heavy (non-hydrogen) atoms. The second kappa shape index (κ2) is 10.7. The smallest absolute Gasteiger partial charge is 0.291 e. The number of hydrogen-bond donors (Lipinski definition) is 0. The predicted octanol–water partition coefficient (Wildman–Crippen LogP) is 4.59. The number of thiazole rings is 1. The second-order valence-electron chi connectivity index (χ2n) is 8.36. The van der Waals surface area contributed by atoms with E-state index in [1.807, 2.05) is 48.5 Å². The lowest BCUT2D eigenvalue weighted by Gasteiger charge is -2.12. The summed E-state index contributed by atoms with van der Waals surface area (Å²) in [6, 6.07) is 13.2. The Kier molecular flexibility index (Phi) is 7.47. The molecule has 0 spiro atoms. The SMILES string of the molecule is CCCOc1ccc(-c2nc3sc(=Cc4ccc(OCCC(C)C)c(OC)c4)c(=O)n3n2)cc1. The van der Waals surface area contributed by atoms with Gasteiger partial charge in [0.2, 0.25) is 4.96 Å². The van der Waals surface area contributed by atoms with Crippen molar-refractivity contribution >= 4 is 22.4 Å². The molecule has 0 aliphatic heterocycles. The van der Waals surface area contributed by atoms with E-state index in [-0.39, 0.29) is 5.56 Å². The molecule has 0 radical (unpaired) electrons. The van der Waals surface area contributed by atoms with Gasteiger partial charge in [0.25, 0.3) is 5.56 Å². The number of methoxy groups -OCH3 is 1. The fourth-order valence-corrected chi connectivity index (χ4v) is 4.23. The summed E-state index contributed by atoms with van der Waals surface area (Å²) in [4.78, 5) is 18.1. The number of nitrogens with zero attached hydrogens (tertiary/aromatic N) is 3. The highest BCUT2D eigenvalue weighted by atomic mass is 32.1. The predicted molar refractivity (Wildman–Crippen MR) is 135 cm³/mol. The van der Waals surface area contributed by atoms with Crippen molar-refractivity contribution in [2.45, 2.75) is 33.6 Å². The van der Waals surface area contributed by atoms with Crippen LogP contribution in [-0.4, -0.2) is 34.9 Å². The Bertz CT molecular complexity index is 1360. The number of ether oxygens (including phenoxy) is 3. The minimum absolute atomic E-state index is 0.196. The number of aromatic nitrogens is 3. The number of benzene rings is 2. The first-order valence-corrected chi connectivity index (χ1v) is 12.3. The van der Waals surface area contributed by atoms with Gasteiger partial charge in [0.15, 0.2) is 17.3 Å². The molecule has 2 aromatic heterocycles. The molecule has 0 unspecified atom stereocenters. The van der Waals surface area contributed by atoms with Crippen molar-refractivity contribution in [2.75, 3.05) is 20.3 Å². The molecule has 0 aliphatic rings. The van der Waals surface area contributed by atoms with Gasteiger partial charge < -0.3 is 14.2 Å². The van der Waals surface area contributed by atoms with E-state index in [1.165, 1.54) is 15.9 Å². The van der Waals surface area contributed by atoms with Gasteiger partial charge in [-0.15, -0.1) is 5.10 Å². The van der Waals surface area contributed by atoms with Crippen LogP contribution in [0.3, 0.4) is 0 Å². The van der Waals surface area contributed by atoms with Crippen LogP contribution in [-0.2, 0) is 0 Å². The van der Waals surface area contributed by atoms with E-state index in [2.05, 4.69) is 30.9 Å². The van der Waals surface area contributed by atoms with Crippen LogP contribution in [0.1, 0.15) is 39.2 Å². The van der Waals surface area contributed by atoms with E-state index in [0.717, 1.165) is 29.7 Å². The fourth-order valence-electron chi connectivity index (χ4n) is 3.33. The summed E-state index contributed by atoms with van der Waals surface area (Å²) in [6.07, 6.45) is 3.75. The van der Waals surface area contributed by atoms with E-state index in [0.29, 0.717) is 45.9 Å². The molecule has 0 aliphatic carbocycles. The average Bonchev–Trinajstić information content (AvgIpc) is 3.37. The maximum Gasteiger partial charge on any atom is 0.291 e. The quantitative estimate of drug-likeness (QED) is 0.331. The summed E-state index contributed by atoms with van der Waals surface area (Å²) < 4.78 is 18.9. The van der Waals surface area contributed by atoms with E-state index in [9.17, 15) is 4.79 Å². The van der Waals surface area contributed by atoms with Crippen LogP contribution >= 0.6 is 11.3 Å². The van der Waals surface area contributed by atoms with Gasteiger partial charge in [0.1, 0.15) is 5.75 Å². The molecule has 0 fully saturated rings. The third kappa shape index (κ3) is 5.39. The fraction of sp³-hybridized carbons (Fsp3) is 0.346. The molecular formula is C26H29N3O4S. The van der Waals surface area contributed by atoms with Crippen molar-refractivity contribution in [3.8, 4) is 28.6 Å². The summed E-state index contributed by atoms with van der Waals surface area (Å²) in [6.45, 7) is 7.70. The highest BCUT2D eigenvalue weighted by Crippen LogP contribution is 2.29. The Morgan fingerprint density at radius 2 is 1.85 bits per heavy atom. The molecular weight excluding hydrogens is 450 g/mol. The van der Waals surface area contributed by atoms with Crippen molar-refractivity contribution in [1.82, 2.24) is 14.6 Å². The van der Waals surface area contributed by atoms with Gasteiger partial charge in [0.05, 0.1) is 24.9 Å². The number of fused-ring (bicyclic) bond motifs is 1. The molecule has 0 amide bonds. The summed E-state index contributed by atoms with van der Waals surface area (Å²) in [5.74, 6) is 3.22. The molecule has 0 saturated heterocycles. The van der Waals surface area contributed by atoms with Gasteiger partial charge in [-0.05, 0) is 66.8 Å². The molecule has 4 aromatic rings. The Hall–Kier alpha value is -3.39. The Balaban J connectivity index is 1.57. The van der Waals surface area contributed by atoms with E-state index in [1.54, 1.807) is 7.11 Å². The summed E-state index contributed by atoms with van der Waals surface area (Å²) in [5.41, 5.74) is 1.48. The highest BCUT2D eigenvalue weighted by Gasteiger charge is 2.13. The highest BCUT2D eigenvalue weighted by molar-refractivity contribution is 7.15. The average molecular weight is 480 g/mol. The van der Waals surface area contributed by atoms with Crippen LogP contribution in [0.15, 0.2) is 47.3 Å². The minimum atomic E-state index is -0.196. The molecule has 0 bridgehead atoms. The summed E-state index contributed by atoms with van der Waals surface area (Å²) in [5, 5.41) is 4.43. The first-order valence-electron chi connectivity index (χ1n) is 11.4. The van der Waals surface area contributed by atoms with Crippen molar-refractivity contribution in [1.29, 1.82) is 0 Å². The van der Waals surface area contributed by atoms with Gasteiger partial charge >= 0.3 is 0 Å². The topological polar surface area (TPSA) is 75.0 Å². The van der Waals surface area contributed by atoms with Crippen molar-refractivity contribution in [2.24, 2.45) is 5.92 Å². The van der Waals surface area contributed by atoms with Crippen LogP contribution in [0.2, 0.25) is 0 Å². The lowest BCUT2D eigenvalue weighted by atomic mass is 10.1. The third-order valence-electron chi connectivity index (χ3n) is 5.21. The number of rotatable bonds is 10. The summed E-state index contributed by atoms with van der Waals surface area (Å²) >= 11 is 1.31. The zero-order valence-corrected chi connectivity index (χ0v) is 20.7. The zero-order valence-electron chi connectivity index (χ0n) is 19.9. The van der Waals surface area contributed by atoms with Crippen molar-refractivity contribution in [3.05, 3.63) is 62.9 Å². The molecule has 2 heterocycles. The van der Waals surface area contributed by atoms with Crippen molar-refractivity contribution < 1.29 is 14.2 Å². The van der Waals surface area contributed by atoms with E-state index in [4.69, 9.17) is 14.2 Å². The normalized spacial score (nSPS) is 12.0. The number of hydrogen-bond acceptors (Lipinski definition) is 7. The lowest BCUT2D eigenvalue weighted by molar-refractivity contribution is 0.273. The minimum Gasteiger partial charge on any atom is -0.494 e. The molecule has 8 heteroatoms. The Morgan fingerprint density at radius 1 is 1.06 bits per heavy atom. The summed E-state index contributed by atoms with van der Waals surface area (Å²) in [7, 11) is 1.61. The maximum atomic E-state index is 12.9. The molecule has 178 valence electrons. The van der Waals surface area contributed by atoms with Crippen LogP contribution in [0.25, 0.3) is 22.4 Å². The molecule has 0 N–H and O–H groups in total. The third-order valence-corrected chi connectivity index (χ3v) is 6.16. The first kappa shape index (κ1) is 23.8. The molecule has 7 nitrogen and oxygen atoms in total. The van der Waals surface area contributed by atoms with Crippen LogP contribution in [0, 0.1) is 5.92 Å². The molecule has 0 saturated carbocycles. The first-order chi connectivity index (χ1) is 16.5. The van der Waals surface area contributed by atoms with Gasteiger partial charge in [0, 0.05) is 5.56 Å². The van der Waals surface area contributed by atoms with Crippen LogP contribution in [0.5, 0.6) is 17.2 Å².